The Balaban J connectivity index is 1.67. The van der Waals surface area contributed by atoms with E-state index in [9.17, 15) is 19.7 Å². The van der Waals surface area contributed by atoms with E-state index in [-0.39, 0.29) is 22.4 Å². The molecule has 0 saturated carbocycles. The third-order valence-corrected chi connectivity index (χ3v) is 9.07. The van der Waals surface area contributed by atoms with Crippen LogP contribution in [-0.2, 0) is 9.53 Å². The predicted octanol–water partition coefficient (Wildman–Crippen LogP) is 4.29. The summed E-state index contributed by atoms with van der Waals surface area (Å²) in [7, 11) is 4.42. The van der Waals surface area contributed by atoms with Gasteiger partial charge in [-0.2, -0.15) is 0 Å². The zero-order valence-corrected chi connectivity index (χ0v) is 28.3. The lowest BCUT2D eigenvalue weighted by atomic mass is 9.95. The van der Waals surface area contributed by atoms with E-state index in [0.717, 1.165) is 34.5 Å². The summed E-state index contributed by atoms with van der Waals surface area (Å²) >= 11 is 2.19. The average Bonchev–Trinajstić information content (AvgIpc) is 3.33. The Kier molecular flexibility index (Phi) is 9.77. The van der Waals surface area contributed by atoms with Crippen molar-refractivity contribution in [1.29, 1.82) is 0 Å². The molecule has 1 atom stereocenters. The van der Waals surface area contributed by atoms with Gasteiger partial charge in [0.2, 0.25) is 5.75 Å². The van der Waals surface area contributed by atoms with Crippen LogP contribution >= 0.6 is 23.1 Å². The van der Waals surface area contributed by atoms with Crippen LogP contribution in [0.15, 0.2) is 67.5 Å². The molecule has 244 valence electrons. The number of carbonyl (C=O) groups is 1. The van der Waals surface area contributed by atoms with Crippen molar-refractivity contribution in [3.05, 3.63) is 100.0 Å². The smallest absolute Gasteiger partial charge is 0.338 e. The van der Waals surface area contributed by atoms with E-state index in [2.05, 4.69) is 15.0 Å². The highest BCUT2D eigenvalue weighted by Crippen LogP contribution is 2.42. The van der Waals surface area contributed by atoms with Crippen LogP contribution in [0.4, 0.5) is 5.69 Å². The van der Waals surface area contributed by atoms with E-state index in [1.807, 2.05) is 19.9 Å². The zero-order valence-electron chi connectivity index (χ0n) is 26.6. The SMILES string of the molecule is CCOC(=O)C1=C(C)N=c2s/c(=C/c3ccc(Sc4nc(C)cc(C)n4)c([N+](=O)[O-])c3)c(=O)n2[C@@H]1c1cc(OC)c(OC)c(OC)c1. The van der Waals surface area contributed by atoms with Crippen LogP contribution in [0, 0.1) is 24.0 Å². The van der Waals surface area contributed by atoms with Crippen molar-refractivity contribution in [1.82, 2.24) is 14.5 Å². The van der Waals surface area contributed by atoms with Crippen LogP contribution in [0.5, 0.6) is 17.2 Å². The number of nitrogens with zero attached hydrogens (tertiary/aromatic N) is 5. The molecule has 5 rings (SSSR count). The highest BCUT2D eigenvalue weighted by atomic mass is 32.2. The fraction of sp³-hybridized carbons (Fsp3) is 0.281. The molecule has 3 heterocycles. The maximum absolute atomic E-state index is 14.1. The summed E-state index contributed by atoms with van der Waals surface area (Å²) in [4.78, 5) is 53.1. The van der Waals surface area contributed by atoms with Crippen molar-refractivity contribution in [2.75, 3.05) is 27.9 Å². The first-order valence-corrected chi connectivity index (χ1v) is 15.9. The number of carbonyl (C=O) groups excluding carboxylic acids is 1. The molecule has 0 amide bonds. The van der Waals surface area contributed by atoms with Gasteiger partial charge in [-0.15, -0.1) is 0 Å². The van der Waals surface area contributed by atoms with Gasteiger partial charge in [0.05, 0.1) is 59.6 Å². The van der Waals surface area contributed by atoms with Crippen LogP contribution in [-0.4, -0.2) is 53.4 Å². The molecule has 0 spiro atoms. The monoisotopic (exact) mass is 677 g/mol. The topological polar surface area (TPSA) is 157 Å². The number of fused-ring (bicyclic) bond motifs is 1. The van der Waals surface area contributed by atoms with E-state index < -0.39 is 22.5 Å². The largest absolute Gasteiger partial charge is 0.493 e. The lowest BCUT2D eigenvalue weighted by Crippen LogP contribution is -2.40. The molecule has 4 aromatic rings. The van der Waals surface area contributed by atoms with Crippen LogP contribution in [0.3, 0.4) is 0 Å². The van der Waals surface area contributed by atoms with Gasteiger partial charge in [0.25, 0.3) is 11.2 Å². The number of nitro groups is 1. The van der Waals surface area contributed by atoms with Gasteiger partial charge in [-0.1, -0.05) is 17.4 Å². The zero-order chi connectivity index (χ0) is 34.0. The Hall–Kier alpha value is -5.02. The molecule has 0 N–H and O–H groups in total. The van der Waals surface area contributed by atoms with Crippen molar-refractivity contribution >= 4 is 40.8 Å². The third-order valence-electron chi connectivity index (χ3n) is 7.16. The highest BCUT2D eigenvalue weighted by Gasteiger charge is 2.35. The number of hydrogen-bond donors (Lipinski definition) is 0. The second kappa shape index (κ2) is 13.8. The summed E-state index contributed by atoms with van der Waals surface area (Å²) in [6.07, 6.45) is 1.56. The Morgan fingerprint density at radius 2 is 1.70 bits per heavy atom. The number of benzene rings is 2. The molecule has 2 aromatic heterocycles. The molecule has 0 unspecified atom stereocenters. The first-order valence-electron chi connectivity index (χ1n) is 14.3. The first kappa shape index (κ1) is 33.3. The standard InChI is InChI=1S/C32H31N5O8S2/c1-8-45-30(39)26-18(4)35-32-36(27(26)20-14-22(42-5)28(44-7)23(15-20)43-6)29(38)25(47-32)13-19-9-10-24(21(12-19)37(40)41)46-31-33-16(2)11-17(3)34-31/h9-15,27H,8H2,1-7H3/b25-13+/t27-/m1/s1. The van der Waals surface area contributed by atoms with Gasteiger partial charge in [-0.3, -0.25) is 19.5 Å². The van der Waals surface area contributed by atoms with Crippen LogP contribution in [0.25, 0.3) is 6.08 Å². The number of thiazole rings is 1. The first-order chi connectivity index (χ1) is 22.5. The summed E-state index contributed by atoms with van der Waals surface area (Å²) in [5.41, 5.74) is 2.36. The van der Waals surface area contributed by atoms with Gasteiger partial charge < -0.3 is 18.9 Å². The fourth-order valence-corrected chi connectivity index (χ4v) is 7.20. The van der Waals surface area contributed by atoms with Gasteiger partial charge in [0.1, 0.15) is 0 Å². The molecule has 0 aliphatic carbocycles. The number of ether oxygens (including phenoxy) is 4. The van der Waals surface area contributed by atoms with Crippen molar-refractivity contribution in [3.8, 4) is 17.2 Å². The molecule has 0 radical (unpaired) electrons. The van der Waals surface area contributed by atoms with Crippen molar-refractivity contribution in [2.45, 2.75) is 43.8 Å². The quantitative estimate of drug-likeness (QED) is 0.102. The summed E-state index contributed by atoms with van der Waals surface area (Å²) in [6, 6.07) is 8.89. The van der Waals surface area contributed by atoms with Crippen molar-refractivity contribution < 1.29 is 28.7 Å². The summed E-state index contributed by atoms with van der Waals surface area (Å²) < 4.78 is 23.6. The van der Waals surface area contributed by atoms with Crippen molar-refractivity contribution in [2.24, 2.45) is 4.99 Å². The molecule has 47 heavy (non-hydrogen) atoms. The molecule has 15 heteroatoms. The van der Waals surface area contributed by atoms with Gasteiger partial charge >= 0.3 is 5.97 Å². The Bertz CT molecular complexity index is 2080. The lowest BCUT2D eigenvalue weighted by molar-refractivity contribution is -0.387. The van der Waals surface area contributed by atoms with E-state index in [1.54, 1.807) is 44.2 Å². The molecule has 0 bridgehead atoms. The number of methoxy groups -OCH3 is 3. The minimum absolute atomic E-state index is 0.116. The van der Waals surface area contributed by atoms with E-state index in [1.165, 1.54) is 32.0 Å². The van der Waals surface area contributed by atoms with Gasteiger partial charge in [-0.05, 0) is 80.9 Å². The minimum atomic E-state index is -0.952. The summed E-state index contributed by atoms with van der Waals surface area (Å²) in [5.74, 6) is 0.381. The summed E-state index contributed by atoms with van der Waals surface area (Å²) in [5, 5.41) is 12.5. The second-order valence-corrected chi connectivity index (χ2v) is 12.3. The molecular weight excluding hydrogens is 647 g/mol. The number of nitro benzene ring substituents is 1. The molecule has 0 saturated heterocycles. The summed E-state index contributed by atoms with van der Waals surface area (Å²) in [6.45, 7) is 7.14. The minimum Gasteiger partial charge on any atom is -0.493 e. The van der Waals surface area contributed by atoms with Crippen LogP contribution in [0.2, 0.25) is 0 Å². The van der Waals surface area contributed by atoms with E-state index in [4.69, 9.17) is 18.9 Å². The molecule has 1 aliphatic heterocycles. The average molecular weight is 678 g/mol. The Labute approximate surface area is 277 Å². The van der Waals surface area contributed by atoms with Crippen LogP contribution in [0.1, 0.15) is 42.4 Å². The lowest BCUT2D eigenvalue weighted by Gasteiger charge is -2.26. The highest BCUT2D eigenvalue weighted by molar-refractivity contribution is 7.99. The maximum atomic E-state index is 14.1. The number of rotatable bonds is 10. The van der Waals surface area contributed by atoms with Gasteiger partial charge in [-0.25, -0.2) is 19.8 Å². The maximum Gasteiger partial charge on any atom is 0.338 e. The van der Waals surface area contributed by atoms with Gasteiger partial charge in [0.15, 0.2) is 21.5 Å². The number of hydrogen-bond acceptors (Lipinski definition) is 13. The Morgan fingerprint density at radius 3 is 2.28 bits per heavy atom. The van der Waals surface area contributed by atoms with E-state index >= 15 is 0 Å². The van der Waals surface area contributed by atoms with Gasteiger partial charge in [0, 0.05) is 17.5 Å². The molecule has 0 fully saturated rings. The number of esters is 1. The molecule has 13 nitrogen and oxygen atoms in total. The number of aryl methyl sites for hydroxylation is 2. The molecule has 2 aromatic carbocycles. The molecule has 1 aliphatic rings. The third kappa shape index (κ3) is 6.62. The normalized spacial score (nSPS) is 14.4. The molecular formula is C32H31N5O8S2. The predicted molar refractivity (Wildman–Crippen MR) is 175 cm³/mol. The van der Waals surface area contributed by atoms with E-state index in [0.29, 0.717) is 48.9 Å². The van der Waals surface area contributed by atoms with Crippen LogP contribution < -0.4 is 29.1 Å². The second-order valence-electron chi connectivity index (χ2n) is 10.3. The number of allylic oxidation sites excluding steroid dienone is 1. The number of aromatic nitrogens is 3. The Morgan fingerprint density at radius 1 is 1.04 bits per heavy atom. The van der Waals surface area contributed by atoms with Crippen molar-refractivity contribution in [3.63, 3.8) is 0 Å². The fourth-order valence-electron chi connectivity index (χ4n) is 5.21.